The third-order valence-electron chi connectivity index (χ3n) is 8.58. The molecule has 240 valence electrons. The van der Waals surface area contributed by atoms with Crippen molar-refractivity contribution in [2.24, 2.45) is 0 Å². The minimum atomic E-state index is 0.203. The Morgan fingerprint density at radius 2 is 0.896 bits per heavy atom. The van der Waals surface area contributed by atoms with Crippen LogP contribution in [0.5, 0.6) is 0 Å². The van der Waals surface area contributed by atoms with Crippen molar-refractivity contribution in [3.8, 4) is 33.4 Å². The summed E-state index contributed by atoms with van der Waals surface area (Å²) in [6, 6.07) is 52.7. The Morgan fingerprint density at radius 3 is 1.27 bits per heavy atom. The van der Waals surface area contributed by atoms with E-state index in [9.17, 15) is 0 Å². The summed E-state index contributed by atoms with van der Waals surface area (Å²) in [7, 11) is 0. The van der Waals surface area contributed by atoms with E-state index in [2.05, 4.69) is 201 Å². The molecular weight excluding hydrogens is 743 g/mol. The van der Waals surface area contributed by atoms with E-state index in [4.69, 9.17) is 0 Å². The van der Waals surface area contributed by atoms with Gasteiger partial charge in [-0.15, -0.1) is 45.8 Å². The summed E-state index contributed by atoms with van der Waals surface area (Å²) in [5.74, 6) is 0. The molecule has 7 aromatic rings. The van der Waals surface area contributed by atoms with Crippen molar-refractivity contribution in [2.75, 3.05) is 0 Å². The van der Waals surface area contributed by atoms with Crippen LogP contribution < -0.4 is 0 Å². The topological polar surface area (TPSA) is 0 Å². The van der Waals surface area contributed by atoms with E-state index in [0.29, 0.717) is 0 Å². The molecule has 0 fully saturated rings. The summed E-state index contributed by atoms with van der Waals surface area (Å²) in [6.45, 7) is 17.9. The van der Waals surface area contributed by atoms with Crippen LogP contribution in [0.3, 0.4) is 0 Å². The Balaban J connectivity index is 0.000000170. The van der Waals surface area contributed by atoms with Crippen LogP contribution in [-0.4, -0.2) is 3.26 Å². The maximum absolute atomic E-state index is 2.35. The number of benzene rings is 5. The smallest absolute Gasteiger partial charge is 0.0192 e. The molecule has 0 spiro atoms. The van der Waals surface area contributed by atoms with Crippen molar-refractivity contribution in [3.05, 3.63) is 157 Å². The average Bonchev–Trinajstić information content (AvgIpc) is 3.73. The fourth-order valence-corrected chi connectivity index (χ4v) is 5.91. The van der Waals surface area contributed by atoms with Crippen LogP contribution in [0.25, 0.3) is 54.9 Å². The van der Waals surface area contributed by atoms with Crippen LogP contribution in [-0.2, 0) is 34.7 Å². The van der Waals surface area contributed by atoms with E-state index in [0.717, 1.165) is 0 Å². The molecule has 0 saturated heterocycles. The molecule has 0 amide bonds. The molecule has 0 nitrogen and oxygen atoms in total. The van der Waals surface area contributed by atoms with Crippen molar-refractivity contribution in [1.82, 2.24) is 0 Å². The van der Waals surface area contributed by atoms with E-state index in [-0.39, 0.29) is 10.8 Å². The third-order valence-corrected chi connectivity index (χ3v) is 8.58. The number of rotatable bonds is 3. The second kappa shape index (κ2) is 15.1. The van der Waals surface area contributed by atoms with Crippen molar-refractivity contribution in [1.29, 1.82) is 0 Å². The normalized spacial score (nSPS) is 11.5. The van der Waals surface area contributed by atoms with Gasteiger partial charge in [-0.1, -0.05) is 155 Å². The summed E-state index contributed by atoms with van der Waals surface area (Å²) in [4.78, 5) is 0. The summed E-state index contributed by atoms with van der Waals surface area (Å²) in [6.07, 6.45) is 0. The quantitative estimate of drug-likeness (QED) is 0.124. The van der Waals surface area contributed by atoms with Crippen molar-refractivity contribution >= 4 is 24.8 Å². The van der Waals surface area contributed by atoms with E-state index in [1.54, 1.807) is 3.26 Å². The van der Waals surface area contributed by atoms with Crippen LogP contribution >= 0.6 is 0 Å². The molecule has 0 bridgehead atoms. The van der Waals surface area contributed by atoms with Gasteiger partial charge in [0.1, 0.15) is 0 Å². The van der Waals surface area contributed by atoms with Crippen LogP contribution in [0.1, 0.15) is 66.5 Å². The first-order chi connectivity index (χ1) is 22.8. The number of hydrogen-bond acceptors (Lipinski definition) is 0. The Kier molecular flexibility index (Phi) is 11.1. The van der Waals surface area contributed by atoms with Crippen molar-refractivity contribution in [2.45, 2.75) is 66.2 Å². The Labute approximate surface area is 303 Å². The maximum Gasteiger partial charge on any atom is -0.0192 e. The zero-order valence-electron chi connectivity index (χ0n) is 29.9. The van der Waals surface area contributed by atoms with Gasteiger partial charge < -0.3 is 0 Å². The van der Waals surface area contributed by atoms with Crippen LogP contribution in [0.15, 0.2) is 146 Å². The van der Waals surface area contributed by atoms with Gasteiger partial charge in [-0.05, 0) is 39.2 Å². The summed E-state index contributed by atoms with van der Waals surface area (Å²) in [5.41, 5.74) is 10.7. The fraction of sp³-hybridized carbons (Fsp3) is 0.213. The van der Waals surface area contributed by atoms with E-state index in [1.807, 2.05) is 0 Å². The second-order valence-corrected chi connectivity index (χ2v) is 18.5. The molecule has 0 aliphatic rings. The van der Waals surface area contributed by atoms with Crippen molar-refractivity contribution < 1.29 is 23.9 Å². The van der Waals surface area contributed by atoms with Crippen molar-refractivity contribution in [3.63, 3.8) is 0 Å². The largest absolute Gasteiger partial charge is 0.176 e. The molecule has 0 heterocycles. The van der Waals surface area contributed by atoms with E-state index < -0.39 is 0 Å². The first-order valence-electron chi connectivity index (χ1n) is 16.9. The Morgan fingerprint density at radius 1 is 0.479 bits per heavy atom. The van der Waals surface area contributed by atoms with Crippen LogP contribution in [0.2, 0.25) is 0 Å². The molecule has 0 aromatic heterocycles. The average molecular weight is 791 g/mol. The molecule has 0 unspecified atom stereocenters. The van der Waals surface area contributed by atoms with E-state index >= 15 is 0 Å². The molecule has 0 aliphatic heterocycles. The van der Waals surface area contributed by atoms with Crippen LogP contribution in [0, 0.1) is 0 Å². The minimum absolute atomic E-state index is 0.203. The summed E-state index contributed by atoms with van der Waals surface area (Å²) >= 11 is 1.27. The third kappa shape index (κ3) is 8.94. The predicted octanol–water partition coefficient (Wildman–Crippen LogP) is 13.5. The summed E-state index contributed by atoms with van der Waals surface area (Å²) < 4.78 is 1.56. The molecule has 0 saturated carbocycles. The first kappa shape index (κ1) is 35.4. The molecular formula is C47H48Hf. The van der Waals surface area contributed by atoms with E-state index in [1.165, 1.54) is 89.9 Å². The summed E-state index contributed by atoms with van der Waals surface area (Å²) in [5, 5.41) is 5.48. The minimum Gasteiger partial charge on any atom is -0.176 e. The molecule has 48 heavy (non-hydrogen) atoms. The van der Waals surface area contributed by atoms with Gasteiger partial charge in [0.05, 0.1) is 0 Å². The molecule has 0 atom stereocenters. The zero-order chi connectivity index (χ0) is 34.5. The zero-order valence-corrected chi connectivity index (χ0v) is 33.4. The first-order valence-corrected chi connectivity index (χ1v) is 18.7. The van der Waals surface area contributed by atoms with Gasteiger partial charge in [-0.3, -0.25) is 0 Å². The van der Waals surface area contributed by atoms with Gasteiger partial charge in [0, 0.05) is 0 Å². The predicted molar refractivity (Wildman–Crippen MR) is 209 cm³/mol. The maximum atomic E-state index is 2.35. The Hall–Kier alpha value is -3.94. The number of hydrogen-bond donors (Lipinski definition) is 0. The monoisotopic (exact) mass is 792 g/mol. The fourth-order valence-electron chi connectivity index (χ4n) is 5.91. The SMILES string of the molecule is CC(C)(C)c1ccc2c(c1)[cH-]c1cc(C(C)(C)C)ccc12.C[C](C)=[Hf+2].c1ccc(-c2cc(-c3ccccc3)cc(-c3ccc[cH-]3)c2)cc1. The molecule has 0 N–H and O–H groups in total. The molecule has 0 aliphatic carbocycles. The standard InChI is InChI=1S/C23H17.C21H25.C3H6.Hf/c1-3-9-18(10-4-1)21-15-22(19-11-5-2-6-12-19)17-23(16-21)20-13-7-8-14-20;1-20(2,3)16-7-9-18-14(12-16)11-15-13-17(21(4,5)6)8-10-19(15)18;1-3-2;/h1-17H;7-13H,1-6H3;1-2H3;/q2*-1;;+2. The van der Waals surface area contributed by atoms with Gasteiger partial charge in [0.25, 0.3) is 0 Å². The van der Waals surface area contributed by atoms with Crippen LogP contribution in [0.4, 0.5) is 0 Å². The van der Waals surface area contributed by atoms with Gasteiger partial charge in [0.2, 0.25) is 0 Å². The molecule has 7 aromatic carbocycles. The van der Waals surface area contributed by atoms with Gasteiger partial charge in [-0.2, -0.15) is 23.8 Å². The second-order valence-electron chi connectivity index (χ2n) is 15.0. The van der Waals surface area contributed by atoms with Gasteiger partial charge in [-0.25, -0.2) is 0 Å². The Bertz CT molecular complexity index is 1960. The molecule has 0 radical (unpaired) electrons. The number of fused-ring (bicyclic) bond motifs is 3. The van der Waals surface area contributed by atoms with Gasteiger partial charge in [0.15, 0.2) is 0 Å². The molecule has 1 heteroatoms. The molecule has 7 rings (SSSR count). The van der Waals surface area contributed by atoms with Gasteiger partial charge >= 0.3 is 41.0 Å².